The fraction of sp³-hybridized carbons (Fsp3) is 0.815. The van der Waals surface area contributed by atoms with Gasteiger partial charge in [-0.1, -0.05) is 45.4 Å². The number of nitrogens with zero attached hydrogens (tertiary/aromatic N) is 4. The predicted molar refractivity (Wildman–Crippen MR) is 149 cm³/mol. The molecule has 1 spiro atoms. The first-order chi connectivity index (χ1) is 16.4. The molecule has 0 radical (unpaired) electrons. The van der Waals surface area contributed by atoms with Crippen LogP contribution in [0.1, 0.15) is 95.0 Å². The van der Waals surface area contributed by atoms with Crippen molar-refractivity contribution >= 4 is 36.6 Å². The molecule has 0 unspecified atom stereocenters. The van der Waals surface area contributed by atoms with Gasteiger partial charge in [-0.3, -0.25) is 19.2 Å². The molecule has 7 nitrogen and oxygen atoms in total. The first-order valence-corrected chi connectivity index (χ1v) is 13.8. The van der Waals surface area contributed by atoms with Gasteiger partial charge in [0.1, 0.15) is 11.6 Å². The first kappa shape index (κ1) is 30.9. The zero-order valence-corrected chi connectivity index (χ0v) is 24.3. The Kier molecular flexibility index (Phi) is 11.6. The molecular weight excluding hydrogens is 497 g/mol. The molecule has 3 aliphatic rings. The Labute approximate surface area is 229 Å². The summed E-state index contributed by atoms with van der Waals surface area (Å²) in [5.41, 5.74) is 2.96. The summed E-state index contributed by atoms with van der Waals surface area (Å²) in [5, 5.41) is 7.89. The van der Waals surface area contributed by atoms with Gasteiger partial charge in [-0.25, -0.2) is 0 Å². The minimum Gasteiger partial charge on any atom is -0.342 e. The third-order valence-corrected chi connectivity index (χ3v) is 8.73. The van der Waals surface area contributed by atoms with E-state index in [1.807, 2.05) is 4.90 Å². The average molecular weight is 545 g/mol. The van der Waals surface area contributed by atoms with Gasteiger partial charge in [-0.2, -0.15) is 5.10 Å². The highest BCUT2D eigenvalue weighted by atomic mass is 35.5. The molecule has 3 fully saturated rings. The average Bonchev–Trinajstić information content (AvgIpc) is 3.12. The Morgan fingerprint density at radius 1 is 1.03 bits per heavy atom. The van der Waals surface area contributed by atoms with Crippen LogP contribution in [0.5, 0.6) is 0 Å². The van der Waals surface area contributed by atoms with Crippen LogP contribution in [-0.4, -0.2) is 62.6 Å². The van der Waals surface area contributed by atoms with Crippen molar-refractivity contribution in [3.05, 3.63) is 17.0 Å². The Hall–Kier alpha value is -1.31. The number of hydrogen-bond donors (Lipinski definition) is 1. The lowest BCUT2D eigenvalue weighted by atomic mass is 9.79. The molecule has 1 atom stereocenters. The fourth-order valence-corrected chi connectivity index (χ4v) is 6.50. The van der Waals surface area contributed by atoms with Crippen LogP contribution < -0.4 is 5.32 Å². The van der Waals surface area contributed by atoms with Gasteiger partial charge >= 0.3 is 0 Å². The van der Waals surface area contributed by atoms with E-state index in [1.165, 1.54) is 43.4 Å². The number of unbranched alkanes of at least 4 members (excludes halogenated alkanes) is 1. The molecule has 1 saturated carbocycles. The molecule has 1 aromatic rings. The lowest BCUT2D eigenvalue weighted by molar-refractivity contribution is -0.162. The summed E-state index contributed by atoms with van der Waals surface area (Å²) >= 11 is 0. The summed E-state index contributed by atoms with van der Waals surface area (Å²) in [6.07, 6.45) is 10.4. The molecule has 2 amide bonds. The zero-order valence-electron chi connectivity index (χ0n) is 22.7. The largest absolute Gasteiger partial charge is 0.342 e. The van der Waals surface area contributed by atoms with Crippen LogP contribution in [0.15, 0.2) is 0 Å². The van der Waals surface area contributed by atoms with Gasteiger partial charge in [-0.15, -0.1) is 24.8 Å². The van der Waals surface area contributed by atoms with Crippen molar-refractivity contribution in [3.8, 4) is 0 Å². The molecule has 206 valence electrons. The Balaban J connectivity index is 0.00000228. The number of aromatic nitrogens is 2. The van der Waals surface area contributed by atoms with E-state index in [4.69, 9.17) is 0 Å². The molecule has 1 aromatic heterocycles. The molecule has 2 saturated heterocycles. The van der Waals surface area contributed by atoms with Gasteiger partial charge < -0.3 is 10.2 Å². The van der Waals surface area contributed by atoms with E-state index < -0.39 is 5.54 Å². The topological polar surface area (TPSA) is 70.5 Å². The fourth-order valence-electron chi connectivity index (χ4n) is 6.50. The van der Waals surface area contributed by atoms with Crippen LogP contribution in [0.25, 0.3) is 0 Å². The number of halogens is 2. The van der Waals surface area contributed by atoms with E-state index in [0.717, 1.165) is 51.1 Å². The van der Waals surface area contributed by atoms with Crippen LogP contribution in [0.2, 0.25) is 0 Å². The second-order valence-corrected chi connectivity index (χ2v) is 10.9. The highest BCUT2D eigenvalue weighted by Gasteiger charge is 2.53. The van der Waals surface area contributed by atoms with Crippen molar-refractivity contribution < 1.29 is 9.59 Å². The Bertz CT molecular complexity index is 876. The molecule has 36 heavy (non-hydrogen) atoms. The molecule has 4 rings (SSSR count). The summed E-state index contributed by atoms with van der Waals surface area (Å²) in [5.74, 6) is 0.834. The Morgan fingerprint density at radius 2 is 1.69 bits per heavy atom. The SMILES string of the molecule is CCCCN1C(=O)[C@H](CC2CCCCC2)NC(=O)C12CCN(Cc1c(C)nn(CC)c1C)CC2.Cl.Cl. The number of hydrogen-bond acceptors (Lipinski definition) is 4. The van der Waals surface area contributed by atoms with Gasteiger partial charge in [0.2, 0.25) is 11.8 Å². The van der Waals surface area contributed by atoms with Crippen LogP contribution in [0.3, 0.4) is 0 Å². The molecule has 0 bridgehead atoms. The number of carbonyl (C=O) groups is 2. The van der Waals surface area contributed by atoms with Crippen LogP contribution in [0, 0.1) is 19.8 Å². The van der Waals surface area contributed by atoms with Crippen LogP contribution in [0.4, 0.5) is 0 Å². The highest BCUT2D eigenvalue weighted by molar-refractivity contribution is 6.00. The third-order valence-electron chi connectivity index (χ3n) is 8.73. The van der Waals surface area contributed by atoms with E-state index in [9.17, 15) is 9.59 Å². The lowest BCUT2D eigenvalue weighted by Gasteiger charge is -2.52. The zero-order chi connectivity index (χ0) is 24.3. The molecule has 9 heteroatoms. The summed E-state index contributed by atoms with van der Waals surface area (Å²) in [6, 6.07) is -0.332. The van der Waals surface area contributed by atoms with E-state index in [-0.39, 0.29) is 42.7 Å². The van der Waals surface area contributed by atoms with Crippen LogP contribution in [-0.2, 0) is 22.7 Å². The number of amides is 2. The number of piperidine rings is 1. The number of aryl methyl sites for hydroxylation is 2. The first-order valence-electron chi connectivity index (χ1n) is 13.8. The number of piperazine rings is 1. The third kappa shape index (κ3) is 6.21. The maximum atomic E-state index is 13.7. The van der Waals surface area contributed by atoms with E-state index in [1.54, 1.807) is 0 Å². The maximum Gasteiger partial charge on any atom is 0.246 e. The smallest absolute Gasteiger partial charge is 0.246 e. The van der Waals surface area contributed by atoms with Gasteiger partial charge in [0.05, 0.1) is 5.69 Å². The number of rotatable bonds is 8. The quantitative estimate of drug-likeness (QED) is 0.511. The molecule has 1 aliphatic carbocycles. The number of nitrogens with one attached hydrogen (secondary N) is 1. The van der Waals surface area contributed by atoms with E-state index >= 15 is 0 Å². The predicted octanol–water partition coefficient (Wildman–Crippen LogP) is 4.80. The van der Waals surface area contributed by atoms with Crippen molar-refractivity contribution in [2.45, 2.75) is 117 Å². The Morgan fingerprint density at radius 3 is 2.28 bits per heavy atom. The van der Waals surface area contributed by atoms with Gasteiger partial charge in [0.15, 0.2) is 0 Å². The van der Waals surface area contributed by atoms with Gasteiger partial charge in [0, 0.05) is 44.0 Å². The normalized spacial score (nSPS) is 22.8. The summed E-state index contributed by atoms with van der Waals surface area (Å²) < 4.78 is 2.07. The number of carbonyl (C=O) groups excluding carboxylic acids is 2. The van der Waals surface area contributed by atoms with Crippen molar-refractivity contribution in [3.63, 3.8) is 0 Å². The van der Waals surface area contributed by atoms with Crippen molar-refractivity contribution in [2.75, 3.05) is 19.6 Å². The second-order valence-electron chi connectivity index (χ2n) is 10.9. The maximum absolute atomic E-state index is 13.7. The summed E-state index contributed by atoms with van der Waals surface area (Å²) in [4.78, 5) is 31.8. The van der Waals surface area contributed by atoms with Gasteiger partial charge in [-0.05, 0) is 52.4 Å². The minimum atomic E-state index is -0.677. The number of likely N-dealkylation sites (tertiary alicyclic amines) is 1. The molecule has 1 N–H and O–H groups in total. The van der Waals surface area contributed by atoms with E-state index in [2.05, 4.69) is 47.7 Å². The minimum absolute atomic E-state index is 0. The van der Waals surface area contributed by atoms with Crippen LogP contribution >= 0.6 is 24.8 Å². The monoisotopic (exact) mass is 543 g/mol. The molecule has 0 aromatic carbocycles. The summed E-state index contributed by atoms with van der Waals surface area (Å²) in [6.45, 7) is 12.6. The summed E-state index contributed by atoms with van der Waals surface area (Å²) in [7, 11) is 0. The second kappa shape index (κ2) is 13.5. The lowest BCUT2D eigenvalue weighted by Crippen LogP contribution is -2.73. The van der Waals surface area contributed by atoms with Crippen molar-refractivity contribution in [1.82, 2.24) is 24.9 Å². The molecular formula is C27H47Cl2N5O2. The van der Waals surface area contributed by atoms with E-state index in [0.29, 0.717) is 25.3 Å². The van der Waals surface area contributed by atoms with Crippen molar-refractivity contribution in [1.29, 1.82) is 0 Å². The van der Waals surface area contributed by atoms with Crippen molar-refractivity contribution in [2.24, 2.45) is 5.92 Å². The standard InChI is InChI=1S/C27H45N5O2.2ClH/c1-5-7-15-31-25(33)24(18-22-11-9-8-10-12-22)28-26(34)27(31)13-16-30(17-14-27)19-23-20(3)29-32(6-2)21(23)4;;/h22,24H,5-19H2,1-4H3,(H,28,34);2*1H/t24-;;/m0../s1. The highest BCUT2D eigenvalue weighted by Crippen LogP contribution is 2.36. The van der Waals surface area contributed by atoms with Gasteiger partial charge in [0.25, 0.3) is 0 Å². The molecule has 3 heterocycles. The molecule has 2 aliphatic heterocycles.